The Kier molecular flexibility index (Phi) is 4.21. The Morgan fingerprint density at radius 1 is 1.17 bits per heavy atom. The van der Waals surface area contributed by atoms with Crippen molar-refractivity contribution in [2.75, 3.05) is 6.61 Å². The Balaban J connectivity index is 2.48. The fourth-order valence-corrected chi connectivity index (χ4v) is 2.20. The molecule has 2 nitrogen and oxygen atoms in total. The molecule has 18 heavy (non-hydrogen) atoms. The summed E-state index contributed by atoms with van der Waals surface area (Å²) in [5.41, 5.74) is 7.19. The fourth-order valence-electron chi connectivity index (χ4n) is 2.20. The maximum absolute atomic E-state index is 5.96. The Bertz CT molecular complexity index is 519. The molecule has 0 amide bonds. The van der Waals surface area contributed by atoms with Crippen LogP contribution in [-0.4, -0.2) is 12.6 Å². The van der Waals surface area contributed by atoms with Crippen LogP contribution in [0.1, 0.15) is 25.8 Å². The van der Waals surface area contributed by atoms with Crippen molar-refractivity contribution in [2.45, 2.75) is 32.7 Å². The lowest BCUT2D eigenvalue weighted by Gasteiger charge is -2.15. The molecule has 1 atom stereocenters. The number of fused-ring (bicyclic) bond motifs is 1. The van der Waals surface area contributed by atoms with Crippen LogP contribution in [-0.2, 0) is 6.42 Å². The smallest absolute Gasteiger partial charge is 0.123 e. The molecule has 0 bridgehead atoms. The van der Waals surface area contributed by atoms with Gasteiger partial charge in [-0.25, -0.2) is 0 Å². The van der Waals surface area contributed by atoms with Crippen LogP contribution < -0.4 is 10.5 Å². The molecule has 0 aliphatic heterocycles. The van der Waals surface area contributed by atoms with Crippen molar-refractivity contribution >= 4 is 10.8 Å². The van der Waals surface area contributed by atoms with Gasteiger partial charge in [-0.15, -0.1) is 0 Å². The monoisotopic (exact) mass is 243 g/mol. The van der Waals surface area contributed by atoms with Gasteiger partial charge in [-0.2, -0.15) is 0 Å². The van der Waals surface area contributed by atoms with Crippen LogP contribution in [0.3, 0.4) is 0 Å². The number of hydrogen-bond acceptors (Lipinski definition) is 2. The van der Waals surface area contributed by atoms with Gasteiger partial charge >= 0.3 is 0 Å². The Morgan fingerprint density at radius 3 is 2.67 bits per heavy atom. The lowest BCUT2D eigenvalue weighted by atomic mass is 9.98. The Morgan fingerprint density at radius 2 is 1.94 bits per heavy atom. The molecule has 0 aliphatic rings. The number of rotatable bonds is 5. The number of hydrogen-bond donors (Lipinski definition) is 1. The zero-order valence-corrected chi connectivity index (χ0v) is 11.1. The Labute approximate surface area is 109 Å². The van der Waals surface area contributed by atoms with Crippen molar-refractivity contribution in [3.8, 4) is 5.75 Å². The highest BCUT2D eigenvalue weighted by Gasteiger charge is 2.10. The molecule has 0 heterocycles. The quantitative estimate of drug-likeness (QED) is 0.872. The van der Waals surface area contributed by atoms with Crippen molar-refractivity contribution in [1.29, 1.82) is 0 Å². The maximum Gasteiger partial charge on any atom is 0.123 e. The highest BCUT2D eigenvalue weighted by atomic mass is 16.5. The summed E-state index contributed by atoms with van der Waals surface area (Å²) in [6.07, 6.45) is 1.87. The molecule has 2 rings (SSSR count). The minimum atomic E-state index is 0.139. The second-order valence-electron chi connectivity index (χ2n) is 4.79. The summed E-state index contributed by atoms with van der Waals surface area (Å²) in [7, 11) is 0. The predicted octanol–water partition coefficient (Wildman–Crippen LogP) is 3.52. The first kappa shape index (κ1) is 12.9. The van der Waals surface area contributed by atoms with E-state index in [1.54, 1.807) is 0 Å². The summed E-state index contributed by atoms with van der Waals surface area (Å²) in [6.45, 7) is 4.90. The molecule has 0 saturated heterocycles. The first-order chi connectivity index (χ1) is 8.72. The van der Waals surface area contributed by atoms with E-state index in [1.807, 2.05) is 6.92 Å². The fraction of sp³-hybridized carbons (Fsp3) is 0.375. The van der Waals surface area contributed by atoms with Gasteiger partial charge in [0.1, 0.15) is 5.75 Å². The highest BCUT2D eigenvalue weighted by molar-refractivity contribution is 5.87. The second-order valence-corrected chi connectivity index (χ2v) is 4.79. The molecule has 0 saturated carbocycles. The highest BCUT2D eigenvalue weighted by Crippen LogP contribution is 2.29. The molecule has 0 fully saturated rings. The van der Waals surface area contributed by atoms with Crippen LogP contribution in [0.15, 0.2) is 36.4 Å². The first-order valence-corrected chi connectivity index (χ1v) is 6.61. The van der Waals surface area contributed by atoms with Gasteiger partial charge in [0.05, 0.1) is 6.61 Å². The van der Waals surface area contributed by atoms with Crippen molar-refractivity contribution in [3.05, 3.63) is 42.0 Å². The van der Waals surface area contributed by atoms with Gasteiger partial charge in [-0.1, -0.05) is 37.3 Å². The van der Waals surface area contributed by atoms with E-state index in [0.717, 1.165) is 25.2 Å². The van der Waals surface area contributed by atoms with Gasteiger partial charge in [0.25, 0.3) is 0 Å². The number of benzene rings is 2. The van der Waals surface area contributed by atoms with E-state index in [9.17, 15) is 0 Å². The molecule has 0 aromatic heterocycles. The average Bonchev–Trinajstić information content (AvgIpc) is 2.37. The molecular formula is C16H21NO. The second kappa shape index (κ2) is 5.87. The van der Waals surface area contributed by atoms with Gasteiger partial charge in [0.2, 0.25) is 0 Å². The molecule has 2 aromatic carbocycles. The molecule has 0 aliphatic carbocycles. The molecule has 2 heteroatoms. The van der Waals surface area contributed by atoms with Crippen molar-refractivity contribution in [3.63, 3.8) is 0 Å². The number of nitrogens with two attached hydrogens (primary N) is 1. The van der Waals surface area contributed by atoms with E-state index in [0.29, 0.717) is 0 Å². The van der Waals surface area contributed by atoms with Crippen LogP contribution in [0, 0.1) is 0 Å². The van der Waals surface area contributed by atoms with Gasteiger partial charge in [0.15, 0.2) is 0 Å². The molecule has 0 radical (unpaired) electrons. The van der Waals surface area contributed by atoms with E-state index in [1.165, 1.54) is 16.3 Å². The normalized spacial score (nSPS) is 12.6. The van der Waals surface area contributed by atoms with Crippen molar-refractivity contribution in [2.24, 2.45) is 5.73 Å². The summed E-state index contributed by atoms with van der Waals surface area (Å²) in [5.74, 6) is 0.979. The van der Waals surface area contributed by atoms with Gasteiger partial charge < -0.3 is 10.5 Å². The molecule has 2 N–H and O–H groups in total. The van der Waals surface area contributed by atoms with Crippen molar-refractivity contribution in [1.82, 2.24) is 0 Å². The summed E-state index contributed by atoms with van der Waals surface area (Å²) in [6, 6.07) is 12.7. The Hall–Kier alpha value is -1.54. The summed E-state index contributed by atoms with van der Waals surface area (Å²) < 4.78 is 5.84. The minimum Gasteiger partial charge on any atom is -0.493 e. The summed E-state index contributed by atoms with van der Waals surface area (Å²) >= 11 is 0. The third-order valence-electron chi connectivity index (χ3n) is 2.99. The van der Waals surface area contributed by atoms with E-state index >= 15 is 0 Å². The third-order valence-corrected chi connectivity index (χ3v) is 2.99. The zero-order chi connectivity index (χ0) is 13.0. The van der Waals surface area contributed by atoms with E-state index in [4.69, 9.17) is 10.5 Å². The average molecular weight is 243 g/mol. The predicted molar refractivity (Wildman–Crippen MR) is 77.1 cm³/mol. The maximum atomic E-state index is 5.96. The van der Waals surface area contributed by atoms with E-state index in [-0.39, 0.29) is 6.04 Å². The molecule has 0 spiro atoms. The SMILES string of the molecule is CCCOc1ccc2ccccc2c1CC(C)N. The molecule has 96 valence electrons. The van der Waals surface area contributed by atoms with Crippen LogP contribution in [0.5, 0.6) is 5.75 Å². The summed E-state index contributed by atoms with van der Waals surface area (Å²) in [4.78, 5) is 0. The van der Waals surface area contributed by atoms with Crippen molar-refractivity contribution < 1.29 is 4.74 Å². The van der Waals surface area contributed by atoms with E-state index < -0.39 is 0 Å². The van der Waals surface area contributed by atoms with Gasteiger partial charge in [0, 0.05) is 11.6 Å². The standard InChI is InChI=1S/C16H21NO/c1-3-10-18-16-9-8-13-6-4-5-7-14(13)15(16)11-12(2)17/h4-9,12H,3,10-11,17H2,1-2H3. The van der Waals surface area contributed by atoms with Crippen LogP contribution in [0.4, 0.5) is 0 Å². The third kappa shape index (κ3) is 2.82. The van der Waals surface area contributed by atoms with E-state index in [2.05, 4.69) is 43.3 Å². The largest absolute Gasteiger partial charge is 0.493 e. The van der Waals surface area contributed by atoms with Crippen LogP contribution >= 0.6 is 0 Å². The lowest BCUT2D eigenvalue weighted by Crippen LogP contribution is -2.18. The zero-order valence-electron chi connectivity index (χ0n) is 11.1. The minimum absolute atomic E-state index is 0.139. The van der Waals surface area contributed by atoms with Gasteiger partial charge in [-0.3, -0.25) is 0 Å². The lowest BCUT2D eigenvalue weighted by molar-refractivity contribution is 0.314. The van der Waals surface area contributed by atoms with Crippen LogP contribution in [0.25, 0.3) is 10.8 Å². The summed E-state index contributed by atoms with van der Waals surface area (Å²) in [5, 5.41) is 2.50. The first-order valence-electron chi connectivity index (χ1n) is 6.61. The van der Waals surface area contributed by atoms with Crippen LogP contribution in [0.2, 0.25) is 0 Å². The molecular weight excluding hydrogens is 222 g/mol. The number of ether oxygens (including phenoxy) is 1. The van der Waals surface area contributed by atoms with Gasteiger partial charge in [-0.05, 0) is 36.6 Å². The topological polar surface area (TPSA) is 35.2 Å². The molecule has 1 unspecified atom stereocenters. The molecule has 2 aromatic rings.